The van der Waals surface area contributed by atoms with E-state index in [-0.39, 0.29) is 35.8 Å². The number of aromatic hydroxyl groups is 1. The van der Waals surface area contributed by atoms with Gasteiger partial charge in [-0.3, -0.25) is 9.59 Å². The first-order valence-corrected chi connectivity index (χ1v) is 13.7. The van der Waals surface area contributed by atoms with Gasteiger partial charge in [0.25, 0.3) is 11.8 Å². The highest BCUT2D eigenvalue weighted by Gasteiger charge is 2.24. The summed E-state index contributed by atoms with van der Waals surface area (Å²) in [5.41, 5.74) is 3.02. The van der Waals surface area contributed by atoms with Gasteiger partial charge in [-0.2, -0.15) is 0 Å². The maximum Gasteiger partial charge on any atom is 0.253 e. The molecule has 0 saturated carbocycles. The van der Waals surface area contributed by atoms with Crippen LogP contribution in [0.3, 0.4) is 0 Å². The topological polar surface area (TPSA) is 82.1 Å². The Morgan fingerprint density at radius 3 is 2.36 bits per heavy atom. The van der Waals surface area contributed by atoms with Gasteiger partial charge < -0.3 is 25.0 Å². The third-order valence-corrected chi connectivity index (χ3v) is 7.54. The van der Waals surface area contributed by atoms with E-state index in [1.165, 1.54) is 12.1 Å². The summed E-state index contributed by atoms with van der Waals surface area (Å²) < 4.78 is 5.74. The fourth-order valence-electron chi connectivity index (χ4n) is 4.53. The lowest BCUT2D eigenvalue weighted by molar-refractivity contribution is 0.0684. The predicted octanol–water partition coefficient (Wildman–Crippen LogP) is 5.67. The zero-order valence-electron chi connectivity index (χ0n) is 22.1. The minimum Gasteiger partial charge on any atom is -0.504 e. The number of anilines is 1. The van der Waals surface area contributed by atoms with Gasteiger partial charge in [0, 0.05) is 67.0 Å². The zero-order chi connectivity index (χ0) is 27.9. The summed E-state index contributed by atoms with van der Waals surface area (Å²) in [5.74, 6) is 0.282. The average Bonchev–Trinajstić information content (AvgIpc) is 2.93. The lowest BCUT2D eigenvalue weighted by Gasteiger charge is -2.32. The summed E-state index contributed by atoms with van der Waals surface area (Å²) >= 11 is 12.2. The van der Waals surface area contributed by atoms with Gasteiger partial charge in [-0.1, -0.05) is 29.3 Å². The van der Waals surface area contributed by atoms with Crippen molar-refractivity contribution in [3.8, 4) is 11.5 Å². The van der Waals surface area contributed by atoms with Crippen molar-refractivity contribution in [1.82, 2.24) is 10.2 Å². The van der Waals surface area contributed by atoms with Gasteiger partial charge in [-0.15, -0.1) is 0 Å². The van der Waals surface area contributed by atoms with E-state index in [1.807, 2.05) is 54.2 Å². The number of rotatable bonds is 9. The molecule has 0 spiro atoms. The van der Waals surface area contributed by atoms with E-state index in [4.69, 9.17) is 27.9 Å². The van der Waals surface area contributed by atoms with Gasteiger partial charge in [0.05, 0.1) is 6.61 Å². The number of hydrogen-bond acceptors (Lipinski definition) is 5. The lowest BCUT2D eigenvalue weighted by Crippen LogP contribution is -2.41. The molecule has 2 amide bonds. The predicted molar refractivity (Wildman–Crippen MR) is 155 cm³/mol. The Hall–Kier alpha value is -3.42. The molecular formula is C30H33Cl2N3O4. The molecule has 39 heavy (non-hydrogen) atoms. The van der Waals surface area contributed by atoms with Gasteiger partial charge in [-0.05, 0) is 78.9 Å². The van der Waals surface area contributed by atoms with Crippen LogP contribution in [0, 0.1) is 5.92 Å². The van der Waals surface area contributed by atoms with Crippen LogP contribution < -0.4 is 15.0 Å². The number of nitrogens with one attached hydrogen (secondary N) is 1. The Labute approximate surface area is 239 Å². The minimum atomic E-state index is -0.236. The molecule has 4 rings (SSSR count). The van der Waals surface area contributed by atoms with E-state index in [2.05, 4.69) is 5.32 Å². The van der Waals surface area contributed by atoms with Crippen molar-refractivity contribution in [2.75, 3.05) is 45.2 Å². The fourth-order valence-corrected chi connectivity index (χ4v) is 5.03. The van der Waals surface area contributed by atoms with Crippen LogP contribution in [0.4, 0.5) is 5.69 Å². The third kappa shape index (κ3) is 7.58. The molecule has 7 nitrogen and oxygen atoms in total. The van der Waals surface area contributed by atoms with Crippen LogP contribution in [0.25, 0.3) is 0 Å². The number of nitrogens with zero attached hydrogens (tertiary/aromatic N) is 2. The monoisotopic (exact) mass is 569 g/mol. The van der Waals surface area contributed by atoms with E-state index in [9.17, 15) is 14.7 Å². The number of piperidine rings is 1. The normalized spacial score (nSPS) is 13.7. The van der Waals surface area contributed by atoms with Gasteiger partial charge >= 0.3 is 0 Å². The highest BCUT2D eigenvalue weighted by molar-refractivity contribution is 6.35. The zero-order valence-corrected chi connectivity index (χ0v) is 23.6. The molecule has 0 aliphatic carbocycles. The number of carbonyl (C=O) groups is 2. The van der Waals surface area contributed by atoms with E-state index < -0.39 is 0 Å². The summed E-state index contributed by atoms with van der Waals surface area (Å²) in [4.78, 5) is 29.6. The van der Waals surface area contributed by atoms with Crippen LogP contribution in [0.1, 0.15) is 39.1 Å². The van der Waals surface area contributed by atoms with Crippen molar-refractivity contribution in [3.63, 3.8) is 0 Å². The van der Waals surface area contributed by atoms with E-state index in [1.54, 1.807) is 18.2 Å². The molecule has 0 radical (unpaired) electrons. The second-order valence-corrected chi connectivity index (χ2v) is 10.7. The number of halogens is 2. The van der Waals surface area contributed by atoms with E-state index in [0.717, 1.165) is 24.1 Å². The molecule has 0 bridgehead atoms. The highest BCUT2D eigenvalue weighted by atomic mass is 35.5. The minimum absolute atomic E-state index is 0.0396. The molecule has 3 aromatic rings. The largest absolute Gasteiger partial charge is 0.504 e. The highest BCUT2D eigenvalue weighted by Crippen LogP contribution is 2.28. The number of ether oxygens (including phenoxy) is 1. The molecule has 1 aliphatic heterocycles. The molecule has 2 N–H and O–H groups in total. The number of phenolic OH excluding ortho intramolecular Hbond substituents is 1. The standard InChI is InChI=1S/C30H33Cl2N3O4/c1-34(2)25-8-4-22(5-9-25)30(38)35-14-11-20(12-15-35)19-33-29(37)23-6-10-27(36)28(17-23)39-16-13-21-3-7-24(31)18-26(21)32/h3-10,17-18,20,36H,11-16,19H2,1-2H3,(H,33,37). The molecule has 0 aromatic heterocycles. The van der Waals surface area contributed by atoms with Crippen LogP contribution in [0.15, 0.2) is 60.7 Å². The van der Waals surface area contributed by atoms with Crippen molar-refractivity contribution in [1.29, 1.82) is 0 Å². The van der Waals surface area contributed by atoms with Crippen LogP contribution in [0.5, 0.6) is 11.5 Å². The summed E-state index contributed by atoms with van der Waals surface area (Å²) in [6.07, 6.45) is 2.16. The number of hydrogen-bond donors (Lipinski definition) is 2. The van der Waals surface area contributed by atoms with Crippen molar-refractivity contribution >= 4 is 40.7 Å². The van der Waals surface area contributed by atoms with Crippen LogP contribution in [0.2, 0.25) is 10.0 Å². The molecule has 0 unspecified atom stereocenters. The fraction of sp³-hybridized carbons (Fsp3) is 0.333. The summed E-state index contributed by atoms with van der Waals surface area (Å²) in [5, 5.41) is 14.3. The molecule has 1 saturated heterocycles. The molecule has 0 atom stereocenters. The van der Waals surface area contributed by atoms with Crippen molar-refractivity contribution < 1.29 is 19.4 Å². The molecule has 1 fully saturated rings. The summed E-state index contributed by atoms with van der Waals surface area (Å²) in [6, 6.07) is 17.5. The van der Waals surface area contributed by atoms with Gasteiger partial charge in [0.2, 0.25) is 0 Å². The van der Waals surface area contributed by atoms with Crippen LogP contribution >= 0.6 is 23.2 Å². The first-order chi connectivity index (χ1) is 18.7. The first-order valence-electron chi connectivity index (χ1n) is 13.0. The number of likely N-dealkylation sites (tertiary alicyclic amines) is 1. The number of phenols is 1. The number of benzene rings is 3. The maximum atomic E-state index is 12.9. The quantitative estimate of drug-likeness (QED) is 0.347. The number of carbonyl (C=O) groups excluding carboxylic acids is 2. The first kappa shape index (κ1) is 28.6. The Kier molecular flexibility index (Phi) is 9.59. The molecule has 9 heteroatoms. The van der Waals surface area contributed by atoms with Crippen molar-refractivity contribution in [2.45, 2.75) is 19.3 Å². The maximum absolute atomic E-state index is 12.9. The Balaban J connectivity index is 1.24. The van der Waals surface area contributed by atoms with Gasteiger partial charge in [-0.25, -0.2) is 0 Å². The SMILES string of the molecule is CN(C)c1ccc(C(=O)N2CCC(CNC(=O)c3ccc(O)c(OCCc4ccc(Cl)cc4Cl)c3)CC2)cc1. The second-order valence-electron chi connectivity index (χ2n) is 9.90. The Morgan fingerprint density at radius 1 is 1.00 bits per heavy atom. The summed E-state index contributed by atoms with van der Waals surface area (Å²) in [7, 11) is 3.94. The molecular weight excluding hydrogens is 537 g/mol. The van der Waals surface area contributed by atoms with Crippen LogP contribution in [-0.2, 0) is 6.42 Å². The number of amides is 2. The Bertz CT molecular complexity index is 1310. The van der Waals surface area contributed by atoms with E-state index >= 15 is 0 Å². The Morgan fingerprint density at radius 2 is 1.69 bits per heavy atom. The summed E-state index contributed by atoms with van der Waals surface area (Å²) in [6.45, 7) is 2.11. The van der Waals surface area contributed by atoms with Crippen molar-refractivity contribution in [2.24, 2.45) is 5.92 Å². The third-order valence-electron chi connectivity index (χ3n) is 6.95. The average molecular weight is 571 g/mol. The molecule has 1 heterocycles. The van der Waals surface area contributed by atoms with E-state index in [0.29, 0.717) is 47.2 Å². The van der Waals surface area contributed by atoms with Gasteiger partial charge in [0.15, 0.2) is 11.5 Å². The van der Waals surface area contributed by atoms with Crippen LogP contribution in [-0.4, -0.2) is 62.2 Å². The van der Waals surface area contributed by atoms with Gasteiger partial charge in [0.1, 0.15) is 0 Å². The lowest BCUT2D eigenvalue weighted by atomic mass is 9.96. The smallest absolute Gasteiger partial charge is 0.253 e. The second kappa shape index (κ2) is 13.1. The van der Waals surface area contributed by atoms with Crippen molar-refractivity contribution in [3.05, 3.63) is 87.4 Å². The molecule has 1 aliphatic rings. The molecule has 3 aromatic carbocycles. The molecule has 206 valence electrons.